The number of nitrogens with one attached hydrogen (secondary N) is 1. The maximum absolute atomic E-state index is 12.9. The first kappa shape index (κ1) is 23.2. The monoisotopic (exact) mass is 479 g/mol. The topological polar surface area (TPSA) is 114 Å². The molecule has 0 fully saturated rings. The number of hydrogen-bond donors (Lipinski definition) is 2. The number of hydrogen-bond acceptors (Lipinski definition) is 5. The number of H-pyrrole nitrogens is 1. The Morgan fingerprint density at radius 1 is 1.03 bits per heavy atom. The van der Waals surface area contributed by atoms with Gasteiger partial charge < -0.3 is 9.67 Å². The van der Waals surface area contributed by atoms with Gasteiger partial charge in [0, 0.05) is 29.3 Å². The van der Waals surface area contributed by atoms with Crippen molar-refractivity contribution in [2.75, 3.05) is 0 Å². The summed E-state index contributed by atoms with van der Waals surface area (Å²) in [6.07, 6.45) is 0.825. The standard InChI is InChI=1S/C28H25N5O3/c1-3-17(2)24-15-25(34)22-9-6-10-23(28(35)36)26(22)33(24)16-18-11-13-19(14-12-18)20-7-4-5-8-21(20)27-29-31-32-30-27/h4-15,17H,3,16H2,1-2H3,(H,35,36)(H,29,30,31,32). The lowest BCUT2D eigenvalue weighted by Gasteiger charge is -2.22. The van der Waals surface area contributed by atoms with Crippen LogP contribution in [0.3, 0.4) is 0 Å². The molecule has 0 amide bonds. The molecule has 2 heterocycles. The molecule has 1 unspecified atom stereocenters. The van der Waals surface area contributed by atoms with Gasteiger partial charge in [-0.3, -0.25) is 4.79 Å². The molecular formula is C28H25N5O3. The van der Waals surface area contributed by atoms with Crippen molar-refractivity contribution in [3.8, 4) is 22.5 Å². The van der Waals surface area contributed by atoms with Gasteiger partial charge in [0.15, 0.2) is 5.43 Å². The van der Waals surface area contributed by atoms with Gasteiger partial charge in [-0.1, -0.05) is 68.4 Å². The lowest BCUT2D eigenvalue weighted by atomic mass is 9.97. The summed E-state index contributed by atoms with van der Waals surface area (Å²) in [5.41, 5.74) is 5.09. The molecule has 0 saturated heterocycles. The summed E-state index contributed by atoms with van der Waals surface area (Å²) >= 11 is 0. The van der Waals surface area contributed by atoms with Crippen molar-refractivity contribution in [1.29, 1.82) is 0 Å². The minimum atomic E-state index is -1.05. The summed E-state index contributed by atoms with van der Waals surface area (Å²) in [7, 11) is 0. The van der Waals surface area contributed by atoms with E-state index in [0.29, 0.717) is 23.3 Å². The van der Waals surface area contributed by atoms with Gasteiger partial charge in [-0.2, -0.15) is 5.21 Å². The first-order valence-corrected chi connectivity index (χ1v) is 11.8. The highest BCUT2D eigenvalue weighted by Crippen LogP contribution is 2.31. The minimum absolute atomic E-state index is 0.0880. The Morgan fingerprint density at radius 3 is 2.44 bits per heavy atom. The Balaban J connectivity index is 1.61. The maximum Gasteiger partial charge on any atom is 0.337 e. The van der Waals surface area contributed by atoms with E-state index in [1.165, 1.54) is 0 Å². The normalized spacial score (nSPS) is 12.1. The zero-order valence-electron chi connectivity index (χ0n) is 20.0. The van der Waals surface area contributed by atoms with Crippen LogP contribution in [0.5, 0.6) is 0 Å². The highest BCUT2D eigenvalue weighted by molar-refractivity contribution is 6.02. The van der Waals surface area contributed by atoms with Crippen molar-refractivity contribution in [3.05, 3.63) is 99.8 Å². The van der Waals surface area contributed by atoms with E-state index in [2.05, 4.69) is 34.5 Å². The van der Waals surface area contributed by atoms with E-state index in [9.17, 15) is 14.7 Å². The lowest BCUT2D eigenvalue weighted by Crippen LogP contribution is -2.19. The number of nitrogens with zero attached hydrogens (tertiary/aromatic N) is 4. The summed E-state index contributed by atoms with van der Waals surface area (Å²) < 4.78 is 1.98. The van der Waals surface area contributed by atoms with E-state index in [1.807, 2.05) is 53.1 Å². The summed E-state index contributed by atoms with van der Waals surface area (Å²) in [6, 6.07) is 22.5. The number of carbonyl (C=O) groups is 1. The van der Waals surface area contributed by atoms with Gasteiger partial charge in [0.25, 0.3) is 0 Å². The molecule has 1 atom stereocenters. The van der Waals surface area contributed by atoms with Gasteiger partial charge in [0.2, 0.25) is 5.82 Å². The Bertz CT molecular complexity index is 1610. The van der Waals surface area contributed by atoms with Gasteiger partial charge in [0.1, 0.15) is 0 Å². The number of fused-ring (bicyclic) bond motifs is 1. The van der Waals surface area contributed by atoms with Gasteiger partial charge >= 0.3 is 5.97 Å². The number of aromatic carboxylic acids is 1. The highest BCUT2D eigenvalue weighted by Gasteiger charge is 2.19. The predicted molar refractivity (Wildman–Crippen MR) is 138 cm³/mol. The zero-order valence-corrected chi connectivity index (χ0v) is 20.0. The quantitative estimate of drug-likeness (QED) is 0.335. The van der Waals surface area contributed by atoms with Crippen molar-refractivity contribution >= 4 is 16.9 Å². The molecule has 0 radical (unpaired) electrons. The van der Waals surface area contributed by atoms with Crippen LogP contribution in [0, 0.1) is 0 Å². The molecule has 3 aromatic carbocycles. The largest absolute Gasteiger partial charge is 0.478 e. The number of aromatic nitrogens is 5. The number of aromatic amines is 1. The van der Waals surface area contributed by atoms with Crippen molar-refractivity contribution in [2.45, 2.75) is 32.7 Å². The zero-order chi connectivity index (χ0) is 25.2. The number of carboxylic acids is 1. The Kier molecular flexibility index (Phi) is 6.16. The van der Waals surface area contributed by atoms with Crippen LogP contribution in [0.15, 0.2) is 77.6 Å². The van der Waals surface area contributed by atoms with Crippen molar-refractivity contribution in [2.24, 2.45) is 0 Å². The maximum atomic E-state index is 12.9. The SMILES string of the molecule is CCC(C)c1cc(=O)c2cccc(C(=O)O)c2n1Cc1ccc(-c2ccccc2-c2nn[nH]n2)cc1. The van der Waals surface area contributed by atoms with Gasteiger partial charge in [-0.05, 0) is 46.4 Å². The van der Waals surface area contributed by atoms with E-state index < -0.39 is 5.97 Å². The second-order valence-electron chi connectivity index (χ2n) is 8.81. The van der Waals surface area contributed by atoms with Crippen LogP contribution in [0.1, 0.15) is 47.8 Å². The van der Waals surface area contributed by atoms with E-state index in [4.69, 9.17) is 0 Å². The van der Waals surface area contributed by atoms with Crippen LogP contribution in [-0.4, -0.2) is 36.3 Å². The fraction of sp³-hybridized carbons (Fsp3) is 0.179. The number of benzene rings is 3. The fourth-order valence-corrected chi connectivity index (χ4v) is 4.59. The summed E-state index contributed by atoms with van der Waals surface area (Å²) in [4.78, 5) is 25.0. The average molecular weight is 480 g/mol. The van der Waals surface area contributed by atoms with Crippen LogP contribution in [0.2, 0.25) is 0 Å². The third kappa shape index (κ3) is 4.17. The van der Waals surface area contributed by atoms with Crippen LogP contribution in [-0.2, 0) is 6.54 Å². The van der Waals surface area contributed by atoms with Gasteiger partial charge in [-0.15, -0.1) is 10.2 Å². The van der Waals surface area contributed by atoms with Crippen LogP contribution >= 0.6 is 0 Å². The molecule has 0 aliphatic carbocycles. The second kappa shape index (κ2) is 9.58. The number of para-hydroxylation sites is 1. The van der Waals surface area contributed by atoms with Crippen molar-refractivity contribution < 1.29 is 9.90 Å². The first-order valence-electron chi connectivity index (χ1n) is 11.8. The average Bonchev–Trinajstić information content (AvgIpc) is 3.45. The second-order valence-corrected chi connectivity index (χ2v) is 8.81. The molecule has 0 aliphatic rings. The lowest BCUT2D eigenvalue weighted by molar-refractivity contribution is 0.0698. The number of carboxylic acid groups (broad SMARTS) is 1. The summed E-state index contributed by atoms with van der Waals surface area (Å²) in [5.74, 6) is -0.442. The molecule has 0 bridgehead atoms. The van der Waals surface area contributed by atoms with E-state index in [1.54, 1.807) is 24.3 Å². The Morgan fingerprint density at radius 2 is 1.78 bits per heavy atom. The van der Waals surface area contributed by atoms with Crippen LogP contribution in [0.25, 0.3) is 33.4 Å². The molecule has 2 aromatic heterocycles. The Hall–Kier alpha value is -4.59. The number of pyridine rings is 1. The van der Waals surface area contributed by atoms with Gasteiger partial charge in [0.05, 0.1) is 11.1 Å². The minimum Gasteiger partial charge on any atom is -0.478 e. The van der Waals surface area contributed by atoms with Crippen LogP contribution < -0.4 is 5.43 Å². The van der Waals surface area contributed by atoms with Crippen LogP contribution in [0.4, 0.5) is 0 Å². The number of tetrazole rings is 1. The smallest absolute Gasteiger partial charge is 0.337 e. The molecule has 5 rings (SSSR count). The fourth-order valence-electron chi connectivity index (χ4n) is 4.59. The van der Waals surface area contributed by atoms with Crippen molar-refractivity contribution in [3.63, 3.8) is 0 Å². The molecule has 0 saturated carbocycles. The highest BCUT2D eigenvalue weighted by atomic mass is 16.4. The molecule has 0 spiro atoms. The molecule has 180 valence electrons. The third-order valence-electron chi connectivity index (χ3n) is 6.63. The predicted octanol–water partition coefficient (Wildman–Crippen LogP) is 5.11. The Labute approximate surface area is 207 Å². The van der Waals surface area contributed by atoms with E-state index in [0.717, 1.165) is 34.4 Å². The van der Waals surface area contributed by atoms with E-state index >= 15 is 0 Å². The molecular weight excluding hydrogens is 454 g/mol. The van der Waals surface area contributed by atoms with Gasteiger partial charge in [-0.25, -0.2) is 4.79 Å². The summed E-state index contributed by atoms with van der Waals surface area (Å²) in [5, 5.41) is 24.7. The summed E-state index contributed by atoms with van der Waals surface area (Å²) in [6.45, 7) is 4.55. The number of rotatable bonds is 7. The molecule has 2 N–H and O–H groups in total. The molecule has 8 heteroatoms. The molecule has 8 nitrogen and oxygen atoms in total. The molecule has 0 aliphatic heterocycles. The first-order chi connectivity index (χ1) is 17.5. The molecule has 5 aromatic rings. The molecule has 36 heavy (non-hydrogen) atoms. The van der Waals surface area contributed by atoms with E-state index in [-0.39, 0.29) is 16.9 Å². The van der Waals surface area contributed by atoms with Crippen molar-refractivity contribution in [1.82, 2.24) is 25.2 Å². The third-order valence-corrected chi connectivity index (χ3v) is 6.63.